The first-order valence-corrected chi connectivity index (χ1v) is 6.46. The minimum absolute atomic E-state index is 0.244. The Morgan fingerprint density at radius 2 is 2.28 bits per heavy atom. The number of carboxylic acid groups (broad SMARTS) is 1. The summed E-state index contributed by atoms with van der Waals surface area (Å²) in [7, 11) is 0. The first-order valence-electron chi connectivity index (χ1n) is 5.64. The Labute approximate surface area is 109 Å². The lowest BCUT2D eigenvalue weighted by molar-refractivity contribution is 0.0697. The molecule has 2 aromatic rings. The molecule has 1 N–H and O–H groups in total. The molecule has 0 atom stereocenters. The largest absolute Gasteiger partial charge is 0.484 e. The molecule has 0 amide bonds. The lowest BCUT2D eigenvalue weighted by atomic mass is 10.3. The van der Waals surface area contributed by atoms with Crippen LogP contribution >= 0.6 is 11.3 Å². The molecule has 0 saturated carbocycles. The van der Waals surface area contributed by atoms with Gasteiger partial charge in [0.1, 0.15) is 23.9 Å². The molecule has 18 heavy (non-hydrogen) atoms. The van der Waals surface area contributed by atoms with E-state index in [9.17, 15) is 4.79 Å². The van der Waals surface area contributed by atoms with Crippen LogP contribution in [0.2, 0.25) is 0 Å². The second-order valence-corrected chi connectivity index (χ2v) is 5.00. The van der Waals surface area contributed by atoms with Crippen molar-refractivity contribution in [3.05, 3.63) is 39.5 Å². The lowest BCUT2D eigenvalue weighted by Crippen LogP contribution is -1.99. The van der Waals surface area contributed by atoms with Crippen LogP contribution in [0.5, 0.6) is 5.75 Å². The summed E-state index contributed by atoms with van der Waals surface area (Å²) in [6.45, 7) is 4.08. The van der Waals surface area contributed by atoms with Gasteiger partial charge in [-0.05, 0) is 31.5 Å². The van der Waals surface area contributed by atoms with E-state index in [0.29, 0.717) is 11.5 Å². The molecular formula is C13H14O4S. The van der Waals surface area contributed by atoms with Gasteiger partial charge < -0.3 is 14.3 Å². The molecule has 2 aromatic heterocycles. The van der Waals surface area contributed by atoms with Crippen LogP contribution in [0, 0.1) is 6.92 Å². The average molecular weight is 266 g/mol. The van der Waals surface area contributed by atoms with Gasteiger partial charge in [-0.1, -0.05) is 6.92 Å². The van der Waals surface area contributed by atoms with Crippen LogP contribution < -0.4 is 4.74 Å². The molecule has 0 spiro atoms. The van der Waals surface area contributed by atoms with Crippen LogP contribution in [0.25, 0.3) is 0 Å². The van der Waals surface area contributed by atoms with E-state index in [0.717, 1.165) is 17.1 Å². The molecule has 5 heteroatoms. The highest BCUT2D eigenvalue weighted by Crippen LogP contribution is 2.30. The highest BCUT2D eigenvalue weighted by atomic mass is 32.1. The first kappa shape index (κ1) is 12.7. The summed E-state index contributed by atoms with van der Waals surface area (Å²) in [5.74, 6) is 0.962. The Hall–Kier alpha value is -1.75. The van der Waals surface area contributed by atoms with Crippen LogP contribution in [0.1, 0.15) is 33.0 Å². The average Bonchev–Trinajstić information content (AvgIpc) is 2.92. The van der Waals surface area contributed by atoms with Crippen LogP contribution in [0.15, 0.2) is 22.6 Å². The second-order valence-electron chi connectivity index (χ2n) is 3.87. The van der Waals surface area contributed by atoms with Gasteiger partial charge in [-0.25, -0.2) is 4.79 Å². The summed E-state index contributed by atoms with van der Waals surface area (Å²) < 4.78 is 10.9. The number of hydrogen-bond acceptors (Lipinski definition) is 4. The summed E-state index contributed by atoms with van der Waals surface area (Å²) in [5.41, 5.74) is 0. The van der Waals surface area contributed by atoms with Crippen LogP contribution in [0.4, 0.5) is 0 Å². The third kappa shape index (κ3) is 2.73. The number of hydrogen-bond donors (Lipinski definition) is 1. The molecule has 0 fully saturated rings. The number of carboxylic acids is 1. The van der Waals surface area contributed by atoms with Crippen molar-refractivity contribution >= 4 is 17.3 Å². The van der Waals surface area contributed by atoms with Crippen molar-refractivity contribution in [2.24, 2.45) is 0 Å². The van der Waals surface area contributed by atoms with E-state index in [-0.39, 0.29) is 11.5 Å². The molecule has 0 aromatic carbocycles. The van der Waals surface area contributed by atoms with E-state index in [1.54, 1.807) is 6.07 Å². The standard InChI is InChI=1S/C13H14O4S/c1-3-10-6-11(12(18-10)13(14)15)16-7-9-5-4-8(2)17-9/h4-6H,3,7H2,1-2H3,(H,14,15). The maximum absolute atomic E-state index is 11.1. The first-order chi connectivity index (χ1) is 8.60. The predicted octanol–water partition coefficient (Wildman–Crippen LogP) is 3.49. The zero-order valence-corrected chi connectivity index (χ0v) is 11.0. The van der Waals surface area contributed by atoms with Gasteiger partial charge >= 0.3 is 5.97 Å². The number of furan rings is 1. The molecular weight excluding hydrogens is 252 g/mol. The van der Waals surface area contributed by atoms with Gasteiger partial charge in [-0.15, -0.1) is 11.3 Å². The fourth-order valence-electron chi connectivity index (χ4n) is 1.56. The lowest BCUT2D eigenvalue weighted by Gasteiger charge is -2.02. The van der Waals surface area contributed by atoms with E-state index in [2.05, 4.69) is 0 Å². The summed E-state index contributed by atoms with van der Waals surface area (Å²) in [6, 6.07) is 5.45. The Balaban J connectivity index is 2.12. The SMILES string of the molecule is CCc1cc(OCc2ccc(C)o2)c(C(=O)O)s1. The second kappa shape index (κ2) is 5.27. The maximum Gasteiger partial charge on any atom is 0.349 e. The fourth-order valence-corrected chi connectivity index (χ4v) is 2.44. The van der Waals surface area contributed by atoms with E-state index in [1.807, 2.05) is 26.0 Å². The molecule has 0 unspecified atom stereocenters. The predicted molar refractivity (Wildman–Crippen MR) is 68.4 cm³/mol. The van der Waals surface area contributed by atoms with Gasteiger partial charge in [0, 0.05) is 4.88 Å². The van der Waals surface area contributed by atoms with Gasteiger partial charge in [0.15, 0.2) is 4.88 Å². The number of carbonyl (C=O) groups is 1. The Bertz CT molecular complexity index is 553. The fraction of sp³-hybridized carbons (Fsp3) is 0.308. The van der Waals surface area contributed by atoms with Crippen molar-refractivity contribution in [1.29, 1.82) is 0 Å². The quantitative estimate of drug-likeness (QED) is 0.900. The molecule has 0 radical (unpaired) electrons. The Kier molecular flexibility index (Phi) is 3.72. The van der Waals surface area contributed by atoms with Gasteiger partial charge in [0.05, 0.1) is 0 Å². The molecule has 2 heterocycles. The molecule has 0 bridgehead atoms. The topological polar surface area (TPSA) is 59.7 Å². The monoisotopic (exact) mass is 266 g/mol. The van der Waals surface area contributed by atoms with E-state index >= 15 is 0 Å². The van der Waals surface area contributed by atoms with Gasteiger partial charge in [-0.3, -0.25) is 0 Å². The number of aromatic carboxylic acids is 1. The van der Waals surface area contributed by atoms with Gasteiger partial charge in [0.25, 0.3) is 0 Å². The van der Waals surface area contributed by atoms with E-state index in [1.165, 1.54) is 11.3 Å². The molecule has 2 rings (SSSR count). The zero-order chi connectivity index (χ0) is 13.1. The Morgan fingerprint density at radius 3 is 2.83 bits per heavy atom. The van der Waals surface area contributed by atoms with Crippen molar-refractivity contribution in [3.63, 3.8) is 0 Å². The maximum atomic E-state index is 11.1. The smallest absolute Gasteiger partial charge is 0.349 e. The minimum atomic E-state index is -0.953. The van der Waals surface area contributed by atoms with Gasteiger partial charge in [0.2, 0.25) is 0 Å². The molecule has 0 aliphatic carbocycles. The summed E-state index contributed by atoms with van der Waals surface area (Å²) in [4.78, 5) is 12.3. The van der Waals surface area contributed by atoms with E-state index < -0.39 is 5.97 Å². The number of rotatable bonds is 5. The van der Waals surface area contributed by atoms with Crippen LogP contribution in [-0.4, -0.2) is 11.1 Å². The highest BCUT2D eigenvalue weighted by Gasteiger charge is 2.16. The summed E-state index contributed by atoms with van der Waals surface area (Å²) >= 11 is 1.25. The van der Waals surface area contributed by atoms with Crippen molar-refractivity contribution < 1.29 is 19.1 Å². The summed E-state index contributed by atoms with van der Waals surface area (Å²) in [5, 5.41) is 9.08. The molecule has 4 nitrogen and oxygen atoms in total. The van der Waals surface area contributed by atoms with Crippen molar-refractivity contribution in [1.82, 2.24) is 0 Å². The van der Waals surface area contributed by atoms with Gasteiger partial charge in [-0.2, -0.15) is 0 Å². The molecule has 0 aliphatic heterocycles. The third-order valence-electron chi connectivity index (χ3n) is 2.46. The molecule has 96 valence electrons. The summed E-state index contributed by atoms with van der Waals surface area (Å²) in [6.07, 6.45) is 0.800. The number of ether oxygens (including phenoxy) is 1. The van der Waals surface area contributed by atoms with E-state index in [4.69, 9.17) is 14.3 Å². The highest BCUT2D eigenvalue weighted by molar-refractivity contribution is 7.14. The zero-order valence-electron chi connectivity index (χ0n) is 10.2. The van der Waals surface area contributed by atoms with Crippen molar-refractivity contribution in [2.75, 3.05) is 0 Å². The van der Waals surface area contributed by atoms with Crippen molar-refractivity contribution in [3.8, 4) is 5.75 Å². The van der Waals surface area contributed by atoms with Crippen LogP contribution in [0.3, 0.4) is 0 Å². The molecule has 0 aliphatic rings. The normalized spacial score (nSPS) is 10.6. The van der Waals surface area contributed by atoms with Crippen LogP contribution in [-0.2, 0) is 13.0 Å². The molecule has 0 saturated heterocycles. The number of thiophene rings is 1. The Morgan fingerprint density at radius 1 is 1.50 bits per heavy atom. The number of aryl methyl sites for hydroxylation is 2. The third-order valence-corrected chi connectivity index (χ3v) is 3.71. The minimum Gasteiger partial charge on any atom is -0.484 e. The van der Waals surface area contributed by atoms with Crippen molar-refractivity contribution in [2.45, 2.75) is 26.9 Å².